The first-order chi connectivity index (χ1) is 8.88. The predicted octanol–water partition coefficient (Wildman–Crippen LogP) is 1.81. The Morgan fingerprint density at radius 2 is 2.39 bits per heavy atom. The Morgan fingerprint density at radius 1 is 1.44 bits per heavy atom. The molecule has 2 rings (SSSR count). The van der Waals surface area contributed by atoms with Crippen LogP contribution in [0, 0.1) is 0 Å². The minimum absolute atomic E-state index is 0.696. The van der Waals surface area contributed by atoms with Crippen molar-refractivity contribution in [3.8, 4) is 0 Å². The third-order valence-corrected chi connectivity index (χ3v) is 3.71. The van der Waals surface area contributed by atoms with Crippen LogP contribution in [-0.2, 0) is 6.42 Å². The molecular weight excluding hydrogens is 224 g/mol. The van der Waals surface area contributed by atoms with E-state index in [1.165, 1.54) is 45.3 Å². The zero-order chi connectivity index (χ0) is 12.6. The number of nitrogens with one attached hydrogen (secondary N) is 2. The average Bonchev–Trinajstić information content (AvgIpc) is 2.78. The second kappa shape index (κ2) is 7.54. The van der Waals surface area contributed by atoms with Gasteiger partial charge in [-0.05, 0) is 45.3 Å². The molecule has 4 nitrogen and oxygen atoms in total. The highest BCUT2D eigenvalue weighted by molar-refractivity contribution is 4.88. The van der Waals surface area contributed by atoms with E-state index in [1.54, 1.807) is 0 Å². The Morgan fingerprint density at radius 3 is 3.17 bits per heavy atom. The van der Waals surface area contributed by atoms with Gasteiger partial charge in [-0.3, -0.25) is 0 Å². The third-order valence-electron chi connectivity index (χ3n) is 3.71. The molecule has 1 unspecified atom stereocenters. The molecule has 0 spiro atoms. The van der Waals surface area contributed by atoms with Crippen LogP contribution in [0.2, 0.25) is 0 Å². The van der Waals surface area contributed by atoms with E-state index in [2.05, 4.69) is 27.1 Å². The molecule has 102 valence electrons. The summed E-state index contributed by atoms with van der Waals surface area (Å²) in [6.07, 6.45) is 9.93. The Bertz CT molecular complexity index is 310. The highest BCUT2D eigenvalue weighted by Crippen LogP contribution is 2.11. The zero-order valence-corrected chi connectivity index (χ0v) is 11.5. The van der Waals surface area contributed by atoms with Crippen molar-refractivity contribution in [1.82, 2.24) is 20.2 Å². The Kier molecular flexibility index (Phi) is 5.68. The molecule has 1 aromatic rings. The summed E-state index contributed by atoms with van der Waals surface area (Å²) in [5, 5.41) is 3.68. The van der Waals surface area contributed by atoms with Gasteiger partial charge in [-0.25, -0.2) is 4.98 Å². The van der Waals surface area contributed by atoms with Crippen molar-refractivity contribution >= 4 is 0 Å². The lowest BCUT2D eigenvalue weighted by molar-refractivity contribution is 0.282. The lowest BCUT2D eigenvalue weighted by Crippen LogP contribution is -2.32. The maximum Gasteiger partial charge on any atom is 0.107 e. The molecule has 1 aromatic heterocycles. The van der Waals surface area contributed by atoms with Gasteiger partial charge < -0.3 is 15.2 Å². The molecule has 0 aliphatic carbocycles. The van der Waals surface area contributed by atoms with Gasteiger partial charge in [-0.1, -0.05) is 6.92 Å². The van der Waals surface area contributed by atoms with E-state index in [0.29, 0.717) is 6.04 Å². The molecule has 2 N–H and O–H groups in total. The summed E-state index contributed by atoms with van der Waals surface area (Å²) in [5.41, 5.74) is 0. The molecule has 4 heteroatoms. The number of likely N-dealkylation sites (tertiary alicyclic amines) is 1. The quantitative estimate of drug-likeness (QED) is 0.809. The molecule has 2 heterocycles. The number of hydrogen-bond acceptors (Lipinski definition) is 3. The van der Waals surface area contributed by atoms with E-state index >= 15 is 0 Å². The minimum Gasteiger partial charge on any atom is -0.349 e. The normalized spacial score (nSPS) is 21.9. The average molecular weight is 250 g/mol. The van der Waals surface area contributed by atoms with Crippen molar-refractivity contribution < 1.29 is 0 Å². The fraction of sp³-hybridized carbons (Fsp3) is 0.786. The lowest BCUT2D eigenvalue weighted by atomic mass is 10.1. The van der Waals surface area contributed by atoms with Crippen molar-refractivity contribution in [1.29, 1.82) is 0 Å². The van der Waals surface area contributed by atoms with Crippen molar-refractivity contribution in [2.45, 2.75) is 45.1 Å². The van der Waals surface area contributed by atoms with Gasteiger partial charge in [0.15, 0.2) is 0 Å². The molecular formula is C14H26N4. The van der Waals surface area contributed by atoms with Gasteiger partial charge in [-0.15, -0.1) is 0 Å². The summed E-state index contributed by atoms with van der Waals surface area (Å²) in [6.45, 7) is 7.10. The fourth-order valence-electron chi connectivity index (χ4n) is 2.73. The molecule has 0 saturated carbocycles. The van der Waals surface area contributed by atoms with Gasteiger partial charge in [0.25, 0.3) is 0 Å². The van der Waals surface area contributed by atoms with Crippen LogP contribution in [-0.4, -0.2) is 47.1 Å². The maximum absolute atomic E-state index is 4.25. The molecule has 1 fully saturated rings. The number of H-pyrrole nitrogens is 1. The summed E-state index contributed by atoms with van der Waals surface area (Å²) in [4.78, 5) is 10.0. The van der Waals surface area contributed by atoms with E-state index in [-0.39, 0.29) is 0 Å². The van der Waals surface area contributed by atoms with Crippen LogP contribution in [0.1, 0.15) is 38.4 Å². The summed E-state index contributed by atoms with van der Waals surface area (Å²) >= 11 is 0. The van der Waals surface area contributed by atoms with Crippen LogP contribution in [0.3, 0.4) is 0 Å². The zero-order valence-electron chi connectivity index (χ0n) is 11.5. The minimum atomic E-state index is 0.696. The Hall–Kier alpha value is -0.870. The molecule has 1 saturated heterocycles. The molecule has 0 aromatic carbocycles. The summed E-state index contributed by atoms with van der Waals surface area (Å²) in [6, 6.07) is 0.696. The van der Waals surface area contributed by atoms with E-state index in [9.17, 15) is 0 Å². The highest BCUT2D eigenvalue weighted by atomic mass is 15.1. The fourth-order valence-corrected chi connectivity index (χ4v) is 2.73. The number of hydrogen-bond donors (Lipinski definition) is 2. The standard InChI is InChI=1S/C14H26N4/c1-2-10-18-11-3-4-13(6-12-18)15-7-5-14-16-8-9-17-14/h8-9,13,15H,2-7,10-12H2,1H3,(H,16,17). The number of aromatic nitrogens is 2. The second-order valence-corrected chi connectivity index (χ2v) is 5.21. The van der Waals surface area contributed by atoms with Crippen LogP contribution in [0.5, 0.6) is 0 Å². The third kappa shape index (κ3) is 4.42. The molecule has 1 atom stereocenters. The largest absolute Gasteiger partial charge is 0.349 e. The van der Waals surface area contributed by atoms with E-state index in [4.69, 9.17) is 0 Å². The van der Waals surface area contributed by atoms with Gasteiger partial charge in [-0.2, -0.15) is 0 Å². The molecule has 18 heavy (non-hydrogen) atoms. The van der Waals surface area contributed by atoms with E-state index in [0.717, 1.165) is 18.8 Å². The van der Waals surface area contributed by atoms with E-state index < -0.39 is 0 Å². The van der Waals surface area contributed by atoms with Crippen LogP contribution in [0.25, 0.3) is 0 Å². The van der Waals surface area contributed by atoms with Crippen molar-refractivity contribution in [3.63, 3.8) is 0 Å². The molecule has 0 radical (unpaired) electrons. The second-order valence-electron chi connectivity index (χ2n) is 5.21. The van der Waals surface area contributed by atoms with Crippen LogP contribution >= 0.6 is 0 Å². The SMILES string of the molecule is CCCN1CCCC(NCCc2ncc[nH]2)CC1. The summed E-state index contributed by atoms with van der Waals surface area (Å²) < 4.78 is 0. The smallest absolute Gasteiger partial charge is 0.107 e. The van der Waals surface area contributed by atoms with Gasteiger partial charge >= 0.3 is 0 Å². The maximum atomic E-state index is 4.25. The van der Waals surface area contributed by atoms with Crippen LogP contribution in [0.4, 0.5) is 0 Å². The first kappa shape index (κ1) is 13.6. The number of rotatable bonds is 6. The first-order valence-electron chi connectivity index (χ1n) is 7.32. The number of nitrogens with zero attached hydrogens (tertiary/aromatic N) is 2. The molecule has 1 aliphatic rings. The van der Waals surface area contributed by atoms with Gasteiger partial charge in [0.1, 0.15) is 5.82 Å². The topological polar surface area (TPSA) is 44.0 Å². The summed E-state index contributed by atoms with van der Waals surface area (Å²) in [7, 11) is 0. The molecule has 0 amide bonds. The summed E-state index contributed by atoms with van der Waals surface area (Å²) in [5.74, 6) is 1.09. The number of aromatic amines is 1. The van der Waals surface area contributed by atoms with Crippen LogP contribution in [0.15, 0.2) is 12.4 Å². The predicted molar refractivity (Wildman–Crippen MR) is 74.7 cm³/mol. The Balaban J connectivity index is 1.64. The Labute approximate surface area is 110 Å². The van der Waals surface area contributed by atoms with Gasteiger partial charge in [0.2, 0.25) is 0 Å². The van der Waals surface area contributed by atoms with Crippen molar-refractivity contribution in [3.05, 3.63) is 18.2 Å². The van der Waals surface area contributed by atoms with Crippen molar-refractivity contribution in [2.24, 2.45) is 0 Å². The van der Waals surface area contributed by atoms with Crippen molar-refractivity contribution in [2.75, 3.05) is 26.2 Å². The number of imidazole rings is 1. The highest BCUT2D eigenvalue weighted by Gasteiger charge is 2.15. The molecule has 1 aliphatic heterocycles. The first-order valence-corrected chi connectivity index (χ1v) is 7.32. The van der Waals surface area contributed by atoms with Crippen LogP contribution < -0.4 is 5.32 Å². The van der Waals surface area contributed by atoms with Gasteiger partial charge in [0.05, 0.1) is 0 Å². The lowest BCUT2D eigenvalue weighted by Gasteiger charge is -2.19. The van der Waals surface area contributed by atoms with E-state index in [1.807, 2.05) is 12.4 Å². The monoisotopic (exact) mass is 250 g/mol. The molecule has 0 bridgehead atoms. The van der Waals surface area contributed by atoms with Gasteiger partial charge in [0, 0.05) is 31.4 Å².